The predicted octanol–water partition coefficient (Wildman–Crippen LogP) is 3.34. The Morgan fingerprint density at radius 1 is 1.09 bits per heavy atom. The Morgan fingerprint density at radius 3 is 2.70 bits per heavy atom. The van der Waals surface area contributed by atoms with Gasteiger partial charge in [0.15, 0.2) is 17.1 Å². The molecule has 1 saturated carbocycles. The van der Waals surface area contributed by atoms with Crippen molar-refractivity contribution in [2.75, 3.05) is 14.2 Å². The zero-order chi connectivity index (χ0) is 23.0. The number of oxime groups is 1. The number of esters is 1. The predicted molar refractivity (Wildman–Crippen MR) is 113 cm³/mol. The van der Waals surface area contributed by atoms with E-state index in [2.05, 4.69) is 12.1 Å². The summed E-state index contributed by atoms with van der Waals surface area (Å²) in [5.41, 5.74) is -0.774. The monoisotopic (exact) mass is 459 g/mol. The minimum atomic E-state index is -1.29. The summed E-state index contributed by atoms with van der Waals surface area (Å²) < 4.78 is 22.9. The topological polar surface area (TPSA) is 94.0 Å². The summed E-state index contributed by atoms with van der Waals surface area (Å²) in [4.78, 5) is 31.5. The van der Waals surface area contributed by atoms with Crippen LogP contribution in [-0.2, 0) is 28.9 Å². The summed E-state index contributed by atoms with van der Waals surface area (Å²) in [6.07, 6.45) is 2.65. The Bertz CT molecular complexity index is 1030. The number of hydrogen-bond donors (Lipinski definition) is 0. The molecule has 1 aromatic rings. The van der Waals surface area contributed by atoms with Crippen LogP contribution in [0.3, 0.4) is 0 Å². The average Bonchev–Trinajstić information content (AvgIpc) is 3.14. The average molecular weight is 459 g/mol. The lowest BCUT2D eigenvalue weighted by molar-refractivity contribution is -0.563. The summed E-state index contributed by atoms with van der Waals surface area (Å²) in [5.74, 6) is -0.0282. The minimum Gasteiger partial charge on any atom is -0.493 e. The van der Waals surface area contributed by atoms with Crippen LogP contribution >= 0.6 is 0 Å². The van der Waals surface area contributed by atoms with Gasteiger partial charge >= 0.3 is 5.97 Å². The number of nitrogens with zero attached hydrogens (tertiary/aromatic N) is 1. The molecule has 4 saturated heterocycles. The van der Waals surface area contributed by atoms with Crippen molar-refractivity contribution >= 4 is 11.7 Å². The molecule has 0 radical (unpaired) electrons. The second kappa shape index (κ2) is 7.07. The van der Waals surface area contributed by atoms with Crippen LogP contribution in [0.15, 0.2) is 23.4 Å². The van der Waals surface area contributed by atoms with Crippen molar-refractivity contribution in [1.82, 2.24) is 0 Å². The minimum absolute atomic E-state index is 0.115. The molecule has 0 amide bonds. The van der Waals surface area contributed by atoms with Crippen molar-refractivity contribution in [3.63, 3.8) is 0 Å². The molecule has 5 fully saturated rings. The lowest BCUT2D eigenvalue weighted by Crippen LogP contribution is -2.75. The van der Waals surface area contributed by atoms with Crippen LogP contribution in [0.5, 0.6) is 11.5 Å². The maximum Gasteiger partial charge on any atom is 0.356 e. The number of ether oxygens (including phenoxy) is 4. The van der Waals surface area contributed by atoms with Gasteiger partial charge < -0.3 is 23.8 Å². The first-order chi connectivity index (χ1) is 15.8. The van der Waals surface area contributed by atoms with E-state index in [1.54, 1.807) is 14.2 Å². The molecule has 9 heteroatoms. The molecule has 1 aliphatic carbocycles. The van der Waals surface area contributed by atoms with Crippen molar-refractivity contribution in [2.45, 2.75) is 69.2 Å². The second-order valence-electron chi connectivity index (χ2n) is 10.0. The van der Waals surface area contributed by atoms with Crippen LogP contribution in [0.2, 0.25) is 0 Å². The van der Waals surface area contributed by atoms with E-state index in [1.165, 1.54) is 0 Å². The molecule has 5 heterocycles. The number of methoxy groups -OCH3 is 2. The highest BCUT2D eigenvalue weighted by Gasteiger charge is 2.77. The Labute approximate surface area is 192 Å². The molecule has 0 N–H and O–H groups in total. The highest BCUT2D eigenvalue weighted by molar-refractivity contribution is 6.05. The van der Waals surface area contributed by atoms with Crippen molar-refractivity contribution in [3.05, 3.63) is 23.8 Å². The Morgan fingerprint density at radius 2 is 1.91 bits per heavy atom. The van der Waals surface area contributed by atoms with E-state index in [-0.39, 0.29) is 18.3 Å². The smallest absolute Gasteiger partial charge is 0.356 e. The summed E-state index contributed by atoms with van der Waals surface area (Å²) in [7, 11) is 3.17. The Hall–Kier alpha value is -2.36. The van der Waals surface area contributed by atoms with E-state index in [0.717, 1.165) is 24.8 Å². The van der Waals surface area contributed by atoms with Crippen LogP contribution in [0.25, 0.3) is 0 Å². The number of benzene rings is 1. The molecular formula is C24H29NO8. The van der Waals surface area contributed by atoms with Crippen LogP contribution < -0.4 is 9.47 Å². The van der Waals surface area contributed by atoms with Gasteiger partial charge in [-0.1, -0.05) is 12.1 Å². The van der Waals surface area contributed by atoms with Crippen molar-refractivity contribution in [1.29, 1.82) is 0 Å². The summed E-state index contributed by atoms with van der Waals surface area (Å²) >= 11 is 0. The molecule has 7 atom stereocenters. The zero-order valence-electron chi connectivity index (χ0n) is 19.3. The third kappa shape index (κ3) is 2.76. The Balaban J connectivity index is 1.38. The maximum absolute atomic E-state index is 13.5. The van der Waals surface area contributed by atoms with E-state index in [4.69, 9.17) is 33.6 Å². The van der Waals surface area contributed by atoms with Crippen molar-refractivity contribution in [2.24, 2.45) is 22.9 Å². The van der Waals surface area contributed by atoms with Gasteiger partial charge in [-0.05, 0) is 50.3 Å². The molecule has 6 aliphatic rings. The molecule has 5 aliphatic heterocycles. The van der Waals surface area contributed by atoms with E-state index in [1.807, 2.05) is 25.1 Å². The van der Waals surface area contributed by atoms with Gasteiger partial charge in [-0.15, -0.1) is 0 Å². The molecule has 7 rings (SSSR count). The van der Waals surface area contributed by atoms with Gasteiger partial charge in [-0.25, -0.2) is 14.6 Å². The maximum atomic E-state index is 13.5. The number of fused-ring (bicyclic) bond motifs is 3. The molecule has 178 valence electrons. The molecule has 0 unspecified atom stereocenters. The number of carbonyl (C=O) groups is 1. The second-order valence-corrected chi connectivity index (χ2v) is 10.0. The van der Waals surface area contributed by atoms with E-state index < -0.39 is 29.2 Å². The van der Waals surface area contributed by atoms with Gasteiger partial charge in [0.05, 0.1) is 25.8 Å². The number of carbonyl (C=O) groups excluding carboxylic acids is 1. The third-order valence-electron chi connectivity index (χ3n) is 8.31. The SMILES string of the molecule is COc1ccc(C2=NO[C@@]3(C2)C(=O)O[C@@H]2O[C@@]4(C)CC[C@H]5[C@H](C)CC[C@@H]3[C@@]25OO4)cc1OC. The fourth-order valence-electron chi connectivity index (χ4n) is 6.55. The van der Waals surface area contributed by atoms with E-state index in [0.29, 0.717) is 29.5 Å². The van der Waals surface area contributed by atoms with E-state index in [9.17, 15) is 4.79 Å². The molecule has 33 heavy (non-hydrogen) atoms. The summed E-state index contributed by atoms with van der Waals surface area (Å²) in [6, 6.07) is 5.53. The van der Waals surface area contributed by atoms with Crippen molar-refractivity contribution < 1.29 is 38.4 Å². The molecule has 2 spiro atoms. The molecule has 1 aromatic carbocycles. The largest absolute Gasteiger partial charge is 0.493 e. The first-order valence-electron chi connectivity index (χ1n) is 11.6. The molecule has 2 bridgehead atoms. The zero-order valence-corrected chi connectivity index (χ0v) is 19.3. The van der Waals surface area contributed by atoms with Gasteiger partial charge in [0.1, 0.15) is 0 Å². The number of hydrogen-bond acceptors (Lipinski definition) is 9. The van der Waals surface area contributed by atoms with E-state index >= 15 is 0 Å². The van der Waals surface area contributed by atoms with Gasteiger partial charge in [-0.2, -0.15) is 0 Å². The van der Waals surface area contributed by atoms with Gasteiger partial charge in [0.2, 0.25) is 17.7 Å². The lowest BCUT2D eigenvalue weighted by Gasteiger charge is -2.59. The van der Waals surface area contributed by atoms with Crippen LogP contribution in [0.1, 0.15) is 51.5 Å². The quantitative estimate of drug-likeness (QED) is 0.502. The van der Waals surface area contributed by atoms with Crippen molar-refractivity contribution in [3.8, 4) is 11.5 Å². The number of rotatable bonds is 3. The van der Waals surface area contributed by atoms with Gasteiger partial charge in [0, 0.05) is 24.3 Å². The highest BCUT2D eigenvalue weighted by atomic mass is 17.3. The first kappa shape index (κ1) is 21.2. The summed E-state index contributed by atoms with van der Waals surface area (Å²) in [5, 5.41) is 4.37. The first-order valence-corrected chi connectivity index (χ1v) is 11.6. The lowest BCUT2D eigenvalue weighted by atomic mass is 9.56. The van der Waals surface area contributed by atoms with Crippen LogP contribution in [0, 0.1) is 17.8 Å². The van der Waals surface area contributed by atoms with Crippen LogP contribution in [0.4, 0.5) is 0 Å². The highest BCUT2D eigenvalue weighted by Crippen LogP contribution is 2.62. The molecular weight excluding hydrogens is 430 g/mol. The fraction of sp³-hybridized carbons (Fsp3) is 0.667. The molecule has 9 nitrogen and oxygen atoms in total. The fourth-order valence-corrected chi connectivity index (χ4v) is 6.55. The molecule has 0 aromatic heterocycles. The Kier molecular flexibility index (Phi) is 4.54. The normalized spacial score (nSPS) is 43.3. The third-order valence-corrected chi connectivity index (χ3v) is 8.31. The van der Waals surface area contributed by atoms with Gasteiger partial charge in [-0.3, -0.25) is 0 Å². The van der Waals surface area contributed by atoms with Gasteiger partial charge in [0.25, 0.3) is 0 Å². The summed E-state index contributed by atoms with van der Waals surface area (Å²) in [6.45, 7) is 4.06. The standard InChI is InChI=1S/C24H29NO8/c1-13-5-8-19-23(12-16(25-31-23)14-6-7-17(27-3)18(11-14)28-4)20(26)29-21-24(19)15(13)9-10-22(2,30-21)32-33-24/h6-7,11,13,15,19,21H,5,8-10,12H2,1-4H3/t13-,15+,19+,21-,22-,23-,24-/m1/s1. The van der Waals surface area contributed by atoms with Crippen LogP contribution in [-0.4, -0.2) is 49.2 Å².